The third kappa shape index (κ3) is 19.0. The van der Waals surface area contributed by atoms with E-state index in [4.69, 9.17) is 5.11 Å². The first-order chi connectivity index (χ1) is 11.2. The highest BCUT2D eigenvalue weighted by Crippen LogP contribution is 2.12. The number of amides is 1. The van der Waals surface area contributed by atoms with Crippen LogP contribution in [0.4, 0.5) is 4.79 Å². The smallest absolute Gasteiger partial charge is 0.404 e. The van der Waals surface area contributed by atoms with E-state index < -0.39 is 6.09 Å². The van der Waals surface area contributed by atoms with Crippen molar-refractivity contribution in [2.75, 3.05) is 25.2 Å². The Bertz CT molecular complexity index is 300. The van der Waals surface area contributed by atoms with Crippen LogP contribution in [-0.2, 0) is 9.53 Å². The largest absolute Gasteiger partial charge is 0.468 e. The van der Waals surface area contributed by atoms with Gasteiger partial charge in [-0.3, -0.25) is 4.79 Å². The summed E-state index contributed by atoms with van der Waals surface area (Å²) in [4.78, 5) is 21.1. The van der Waals surface area contributed by atoms with E-state index in [1.165, 1.54) is 64.9 Å². The fourth-order valence-corrected chi connectivity index (χ4v) is 3.17. The van der Waals surface area contributed by atoms with Gasteiger partial charge in [-0.05, 0) is 18.6 Å². The number of nitrogens with one attached hydrogen (secondary N) is 1. The number of carbonyl (C=O) groups is 2. The van der Waals surface area contributed by atoms with E-state index in [0.717, 1.165) is 18.6 Å². The molecule has 0 heterocycles. The molecule has 0 spiro atoms. The van der Waals surface area contributed by atoms with Crippen LogP contribution in [0.3, 0.4) is 0 Å². The summed E-state index contributed by atoms with van der Waals surface area (Å²) in [5.41, 5.74) is 0. The average molecular weight is 348 g/mol. The third-order valence-electron chi connectivity index (χ3n) is 3.69. The first-order valence-corrected chi connectivity index (χ1v) is 9.93. The summed E-state index contributed by atoms with van der Waals surface area (Å²) in [6, 6.07) is 0. The summed E-state index contributed by atoms with van der Waals surface area (Å²) in [7, 11) is 1.43. The first kappa shape index (κ1) is 22.1. The van der Waals surface area contributed by atoms with Crippen LogP contribution in [0.5, 0.6) is 0 Å². The molecule has 0 fully saturated rings. The molecule has 0 unspecified atom stereocenters. The Balaban J connectivity index is 3.02. The lowest BCUT2D eigenvalue weighted by molar-refractivity contribution is -0.137. The van der Waals surface area contributed by atoms with Gasteiger partial charge in [0, 0.05) is 6.54 Å². The molecule has 23 heavy (non-hydrogen) atoms. The summed E-state index contributed by atoms with van der Waals surface area (Å²) < 4.78 is 4.59. The van der Waals surface area contributed by atoms with Gasteiger partial charge < -0.3 is 15.2 Å². The molecule has 0 aromatic rings. The van der Waals surface area contributed by atoms with E-state index in [0.29, 0.717) is 12.3 Å². The van der Waals surface area contributed by atoms with Gasteiger partial charge in [0.1, 0.15) is 0 Å². The van der Waals surface area contributed by atoms with E-state index in [1.807, 2.05) is 0 Å². The molecule has 0 aliphatic carbocycles. The van der Waals surface area contributed by atoms with Crippen LogP contribution in [0.2, 0.25) is 0 Å². The molecule has 0 bridgehead atoms. The van der Waals surface area contributed by atoms with Gasteiger partial charge in [-0.2, -0.15) is 11.8 Å². The van der Waals surface area contributed by atoms with Crippen LogP contribution < -0.4 is 5.32 Å². The lowest BCUT2D eigenvalue weighted by Crippen LogP contribution is -2.21. The molecule has 0 radical (unpaired) electrons. The molecule has 0 aromatic heterocycles. The molecule has 6 heteroatoms. The van der Waals surface area contributed by atoms with Gasteiger partial charge in [-0.1, -0.05) is 57.8 Å². The van der Waals surface area contributed by atoms with Crippen LogP contribution in [0.1, 0.15) is 70.6 Å². The third-order valence-corrected chi connectivity index (χ3v) is 4.71. The van der Waals surface area contributed by atoms with Crippen LogP contribution >= 0.6 is 11.8 Å². The Morgan fingerprint density at radius 2 is 1.35 bits per heavy atom. The highest BCUT2D eigenvalue weighted by molar-refractivity contribution is 7.99. The van der Waals surface area contributed by atoms with E-state index in [2.05, 4.69) is 10.1 Å². The van der Waals surface area contributed by atoms with Gasteiger partial charge in [0.15, 0.2) is 0 Å². The minimum absolute atomic E-state index is 0.131. The maximum atomic E-state index is 10.9. The molecule has 0 rings (SSSR count). The number of methoxy groups -OCH3 is 1. The van der Waals surface area contributed by atoms with Gasteiger partial charge in [0.2, 0.25) is 0 Å². The van der Waals surface area contributed by atoms with E-state index in [9.17, 15) is 9.59 Å². The van der Waals surface area contributed by atoms with Crippen LogP contribution in [0.25, 0.3) is 0 Å². The Morgan fingerprint density at radius 3 is 1.83 bits per heavy atom. The summed E-state index contributed by atoms with van der Waals surface area (Å²) in [5, 5.41) is 10.8. The average Bonchev–Trinajstić information content (AvgIpc) is 2.53. The van der Waals surface area contributed by atoms with Crippen molar-refractivity contribution >= 4 is 23.8 Å². The molecule has 0 aliphatic rings. The van der Waals surface area contributed by atoms with Crippen molar-refractivity contribution in [2.45, 2.75) is 70.6 Å². The number of carbonyl (C=O) groups excluding carboxylic acids is 1. The number of hydrogen-bond donors (Lipinski definition) is 2. The van der Waals surface area contributed by atoms with E-state index in [-0.39, 0.29) is 5.97 Å². The molecular formula is C17H33NO4S. The summed E-state index contributed by atoms with van der Waals surface area (Å²) in [6.07, 6.45) is 12.6. The summed E-state index contributed by atoms with van der Waals surface area (Å²) >= 11 is 1.66. The van der Waals surface area contributed by atoms with Gasteiger partial charge in [0.25, 0.3) is 0 Å². The molecule has 5 nitrogen and oxygen atoms in total. The van der Waals surface area contributed by atoms with Crippen molar-refractivity contribution in [1.82, 2.24) is 5.32 Å². The number of ether oxygens (including phenoxy) is 1. The van der Waals surface area contributed by atoms with Crippen molar-refractivity contribution in [3.05, 3.63) is 0 Å². The van der Waals surface area contributed by atoms with Crippen LogP contribution in [0.15, 0.2) is 0 Å². The van der Waals surface area contributed by atoms with Crippen molar-refractivity contribution in [2.24, 2.45) is 0 Å². The Hall–Kier alpha value is -0.910. The number of carboxylic acid groups (broad SMARTS) is 1. The number of esters is 1. The number of rotatable bonds is 16. The Morgan fingerprint density at radius 1 is 0.870 bits per heavy atom. The quantitative estimate of drug-likeness (QED) is 0.319. The van der Waals surface area contributed by atoms with Crippen molar-refractivity contribution in [1.29, 1.82) is 0 Å². The zero-order valence-electron chi connectivity index (χ0n) is 14.5. The molecule has 0 saturated heterocycles. The standard InChI is InChI=1S/C17H33NO4S/c1-22-16(19)15-23-14-12-10-8-6-4-2-3-5-7-9-11-13-18-17(20)21/h18H,2-15H2,1H3,(H,20,21). The molecular weight excluding hydrogens is 314 g/mol. The van der Waals surface area contributed by atoms with Gasteiger partial charge in [-0.25, -0.2) is 4.79 Å². The minimum atomic E-state index is -0.924. The first-order valence-electron chi connectivity index (χ1n) is 8.78. The SMILES string of the molecule is COC(=O)CSCCCCCCCCCCCCCNC(=O)O. The maximum Gasteiger partial charge on any atom is 0.404 e. The second-order valence-corrected chi connectivity index (χ2v) is 6.85. The van der Waals surface area contributed by atoms with Crippen molar-refractivity contribution in [3.8, 4) is 0 Å². The van der Waals surface area contributed by atoms with Gasteiger partial charge in [-0.15, -0.1) is 0 Å². The number of hydrogen-bond acceptors (Lipinski definition) is 4. The molecule has 2 N–H and O–H groups in total. The van der Waals surface area contributed by atoms with Crippen molar-refractivity contribution < 1.29 is 19.4 Å². The predicted molar refractivity (Wildman–Crippen MR) is 96.2 cm³/mol. The topological polar surface area (TPSA) is 75.6 Å². The fraction of sp³-hybridized carbons (Fsp3) is 0.882. The Kier molecular flexibility index (Phi) is 16.8. The van der Waals surface area contributed by atoms with Crippen LogP contribution in [-0.4, -0.2) is 42.3 Å². The second-order valence-electron chi connectivity index (χ2n) is 5.75. The molecule has 0 aliphatic heterocycles. The second kappa shape index (κ2) is 17.4. The summed E-state index contributed by atoms with van der Waals surface area (Å²) in [6.45, 7) is 0.577. The zero-order valence-corrected chi connectivity index (χ0v) is 15.3. The molecule has 1 amide bonds. The van der Waals surface area contributed by atoms with Gasteiger partial charge >= 0.3 is 12.1 Å². The normalized spacial score (nSPS) is 10.5. The minimum Gasteiger partial charge on any atom is -0.468 e. The molecule has 136 valence electrons. The maximum absolute atomic E-state index is 10.9. The molecule has 0 atom stereocenters. The summed E-state index contributed by atoms with van der Waals surface area (Å²) in [5.74, 6) is 1.39. The highest BCUT2D eigenvalue weighted by atomic mass is 32.2. The van der Waals surface area contributed by atoms with Crippen molar-refractivity contribution in [3.63, 3.8) is 0 Å². The lowest BCUT2D eigenvalue weighted by Gasteiger charge is -2.03. The lowest BCUT2D eigenvalue weighted by atomic mass is 10.1. The fourth-order valence-electron chi connectivity index (χ4n) is 2.33. The number of thioether (sulfide) groups is 1. The van der Waals surface area contributed by atoms with Crippen LogP contribution in [0, 0.1) is 0 Å². The van der Waals surface area contributed by atoms with E-state index in [1.54, 1.807) is 11.8 Å². The molecule has 0 aromatic carbocycles. The zero-order chi connectivity index (χ0) is 17.2. The number of unbranched alkanes of at least 4 members (excludes halogenated alkanes) is 10. The Labute approximate surface area is 144 Å². The monoisotopic (exact) mass is 347 g/mol. The predicted octanol–water partition coefficient (Wildman–Crippen LogP) is 4.45. The van der Waals surface area contributed by atoms with E-state index >= 15 is 0 Å². The highest BCUT2D eigenvalue weighted by Gasteiger charge is 1.99. The molecule has 0 saturated carbocycles. The van der Waals surface area contributed by atoms with Gasteiger partial charge in [0.05, 0.1) is 12.9 Å².